The Morgan fingerprint density at radius 1 is 1.39 bits per heavy atom. The highest BCUT2D eigenvalue weighted by Crippen LogP contribution is 2.24. The van der Waals surface area contributed by atoms with Gasteiger partial charge in [-0.15, -0.1) is 5.10 Å². The van der Waals surface area contributed by atoms with Gasteiger partial charge in [-0.3, -0.25) is 4.79 Å². The first-order valence-corrected chi connectivity index (χ1v) is 7.85. The Kier molecular flexibility index (Phi) is 3.85. The van der Waals surface area contributed by atoms with E-state index in [9.17, 15) is 4.79 Å². The van der Waals surface area contributed by atoms with Gasteiger partial charge in [0.2, 0.25) is 5.82 Å². The third kappa shape index (κ3) is 2.81. The minimum Gasteiger partial charge on any atom is -0.446 e. The molecule has 0 fully saturated rings. The summed E-state index contributed by atoms with van der Waals surface area (Å²) in [6.45, 7) is 3.90. The predicted octanol–water partition coefficient (Wildman–Crippen LogP) is 2.81. The highest BCUT2D eigenvalue weighted by atomic mass is 79.9. The average Bonchev–Trinajstić information content (AvgIpc) is 3.11. The van der Waals surface area contributed by atoms with Crippen LogP contribution in [-0.4, -0.2) is 38.5 Å². The number of carbonyl (C=O) groups excluding carboxylic acids is 1. The molecule has 3 aromatic heterocycles. The molecule has 0 saturated carbocycles. The van der Waals surface area contributed by atoms with Crippen molar-refractivity contribution in [3.05, 3.63) is 34.5 Å². The van der Waals surface area contributed by atoms with Crippen molar-refractivity contribution in [2.75, 3.05) is 12.8 Å². The molecule has 8 heteroatoms. The minimum atomic E-state index is -0.112. The summed E-state index contributed by atoms with van der Waals surface area (Å²) in [6, 6.07) is 6.88. The number of halogens is 1. The lowest BCUT2D eigenvalue weighted by molar-refractivity contribution is 0.0755. The van der Waals surface area contributed by atoms with Crippen LogP contribution in [0.15, 0.2) is 33.4 Å². The van der Waals surface area contributed by atoms with E-state index in [0.717, 1.165) is 0 Å². The molecule has 3 rings (SSSR count). The topological polar surface area (TPSA) is 89.7 Å². The summed E-state index contributed by atoms with van der Waals surface area (Å²) < 4.78 is 7.52. The Hall–Kier alpha value is -2.35. The van der Waals surface area contributed by atoms with Crippen LogP contribution in [0.4, 0.5) is 5.82 Å². The van der Waals surface area contributed by atoms with E-state index in [-0.39, 0.29) is 11.9 Å². The molecule has 0 aliphatic heterocycles. The molecule has 120 valence electrons. The standard InChI is InChI=1S/C15H16BrN5O2/c1-8(2)20(3)15(22)9-6-12(17)21-13(7-9)18-14(19-21)10-4-5-11(16)23-10/h4-8H,17H2,1-3H3. The number of aromatic nitrogens is 3. The molecule has 0 bridgehead atoms. The van der Waals surface area contributed by atoms with E-state index in [0.29, 0.717) is 33.3 Å². The molecular formula is C15H16BrN5O2. The maximum Gasteiger partial charge on any atom is 0.254 e. The van der Waals surface area contributed by atoms with Gasteiger partial charge in [0.25, 0.3) is 5.91 Å². The number of carbonyl (C=O) groups is 1. The SMILES string of the molecule is CC(C)N(C)C(=O)c1cc(N)n2nc(-c3ccc(Br)o3)nc2c1. The van der Waals surface area contributed by atoms with Crippen molar-refractivity contribution in [3.63, 3.8) is 0 Å². The van der Waals surface area contributed by atoms with Crippen molar-refractivity contribution in [3.8, 4) is 11.6 Å². The fraction of sp³-hybridized carbons (Fsp3) is 0.267. The van der Waals surface area contributed by atoms with Gasteiger partial charge in [0.15, 0.2) is 16.1 Å². The fourth-order valence-electron chi connectivity index (χ4n) is 2.11. The molecule has 0 spiro atoms. The quantitative estimate of drug-likeness (QED) is 0.757. The van der Waals surface area contributed by atoms with Crippen molar-refractivity contribution in [1.82, 2.24) is 19.5 Å². The monoisotopic (exact) mass is 377 g/mol. The van der Waals surface area contributed by atoms with E-state index >= 15 is 0 Å². The summed E-state index contributed by atoms with van der Waals surface area (Å²) in [7, 11) is 1.75. The second-order valence-corrected chi connectivity index (χ2v) is 6.27. The number of anilines is 1. The third-order valence-corrected chi connectivity index (χ3v) is 4.03. The van der Waals surface area contributed by atoms with Crippen LogP contribution in [0.2, 0.25) is 0 Å². The lowest BCUT2D eigenvalue weighted by Crippen LogP contribution is -2.33. The van der Waals surface area contributed by atoms with Gasteiger partial charge in [-0.2, -0.15) is 4.52 Å². The van der Waals surface area contributed by atoms with Crippen LogP contribution in [0.5, 0.6) is 0 Å². The molecule has 1 amide bonds. The summed E-state index contributed by atoms with van der Waals surface area (Å²) in [5, 5.41) is 4.32. The zero-order valence-electron chi connectivity index (χ0n) is 12.9. The van der Waals surface area contributed by atoms with E-state index in [1.165, 1.54) is 4.52 Å². The molecule has 7 nitrogen and oxygen atoms in total. The number of furan rings is 1. The molecule has 0 aromatic carbocycles. The molecule has 23 heavy (non-hydrogen) atoms. The zero-order valence-corrected chi connectivity index (χ0v) is 14.5. The number of fused-ring (bicyclic) bond motifs is 1. The number of amides is 1. The number of rotatable bonds is 3. The van der Waals surface area contributed by atoms with Crippen LogP contribution < -0.4 is 5.73 Å². The number of hydrogen-bond acceptors (Lipinski definition) is 5. The second kappa shape index (κ2) is 5.69. The molecule has 0 aliphatic rings. The minimum absolute atomic E-state index is 0.0915. The van der Waals surface area contributed by atoms with Gasteiger partial charge in [0.05, 0.1) is 0 Å². The molecule has 0 unspecified atom stereocenters. The molecule has 0 atom stereocenters. The molecule has 3 aromatic rings. The van der Waals surface area contributed by atoms with Gasteiger partial charge in [0.1, 0.15) is 5.82 Å². The lowest BCUT2D eigenvalue weighted by atomic mass is 10.2. The highest BCUT2D eigenvalue weighted by molar-refractivity contribution is 9.10. The first kappa shape index (κ1) is 15.5. The van der Waals surface area contributed by atoms with Crippen molar-refractivity contribution in [1.29, 1.82) is 0 Å². The van der Waals surface area contributed by atoms with Gasteiger partial charge in [-0.25, -0.2) is 4.98 Å². The van der Waals surface area contributed by atoms with Crippen molar-refractivity contribution >= 4 is 33.3 Å². The Balaban J connectivity index is 2.06. The van der Waals surface area contributed by atoms with E-state index in [2.05, 4.69) is 26.0 Å². The molecule has 3 heterocycles. The Labute approximate surface area is 141 Å². The van der Waals surface area contributed by atoms with E-state index in [1.807, 2.05) is 13.8 Å². The van der Waals surface area contributed by atoms with Gasteiger partial charge in [-0.05, 0) is 54.0 Å². The largest absolute Gasteiger partial charge is 0.446 e. The third-order valence-electron chi connectivity index (χ3n) is 3.60. The lowest BCUT2D eigenvalue weighted by Gasteiger charge is -2.21. The maximum absolute atomic E-state index is 12.5. The van der Waals surface area contributed by atoms with Crippen LogP contribution >= 0.6 is 15.9 Å². The first-order chi connectivity index (χ1) is 10.9. The van der Waals surface area contributed by atoms with Crippen LogP contribution in [0.25, 0.3) is 17.2 Å². The van der Waals surface area contributed by atoms with E-state index < -0.39 is 0 Å². The molecule has 0 aliphatic carbocycles. The summed E-state index contributed by atoms with van der Waals surface area (Å²) >= 11 is 3.24. The number of nitrogens with zero attached hydrogens (tertiary/aromatic N) is 4. The van der Waals surface area contributed by atoms with Gasteiger partial charge >= 0.3 is 0 Å². The van der Waals surface area contributed by atoms with Crippen LogP contribution in [-0.2, 0) is 0 Å². The predicted molar refractivity (Wildman–Crippen MR) is 90.0 cm³/mol. The van der Waals surface area contributed by atoms with Crippen LogP contribution in [0.3, 0.4) is 0 Å². The Bertz CT molecular complexity index is 883. The normalized spacial score (nSPS) is 11.3. The van der Waals surface area contributed by atoms with Crippen molar-refractivity contribution < 1.29 is 9.21 Å². The Morgan fingerprint density at radius 2 is 2.13 bits per heavy atom. The summed E-state index contributed by atoms with van der Waals surface area (Å²) in [4.78, 5) is 18.5. The number of nitrogens with two attached hydrogens (primary N) is 1. The first-order valence-electron chi connectivity index (χ1n) is 7.06. The smallest absolute Gasteiger partial charge is 0.254 e. The van der Waals surface area contributed by atoms with E-state index in [4.69, 9.17) is 10.2 Å². The van der Waals surface area contributed by atoms with Gasteiger partial charge < -0.3 is 15.1 Å². The highest BCUT2D eigenvalue weighted by Gasteiger charge is 2.18. The summed E-state index contributed by atoms with van der Waals surface area (Å²) in [5.41, 5.74) is 6.99. The summed E-state index contributed by atoms with van der Waals surface area (Å²) in [5.74, 6) is 1.16. The summed E-state index contributed by atoms with van der Waals surface area (Å²) in [6.07, 6.45) is 0. The second-order valence-electron chi connectivity index (χ2n) is 5.49. The number of pyridine rings is 1. The van der Waals surface area contributed by atoms with Crippen LogP contribution in [0, 0.1) is 0 Å². The molecule has 0 radical (unpaired) electrons. The van der Waals surface area contributed by atoms with Crippen LogP contribution in [0.1, 0.15) is 24.2 Å². The van der Waals surface area contributed by atoms with Crippen molar-refractivity contribution in [2.45, 2.75) is 19.9 Å². The number of nitrogen functional groups attached to an aromatic ring is 1. The fourth-order valence-corrected chi connectivity index (χ4v) is 2.42. The van der Waals surface area contributed by atoms with E-state index in [1.54, 1.807) is 36.2 Å². The van der Waals surface area contributed by atoms with Crippen molar-refractivity contribution in [2.24, 2.45) is 0 Å². The van der Waals surface area contributed by atoms with Gasteiger partial charge in [0, 0.05) is 18.7 Å². The number of hydrogen-bond donors (Lipinski definition) is 1. The zero-order chi connectivity index (χ0) is 16.7. The van der Waals surface area contributed by atoms with Gasteiger partial charge in [-0.1, -0.05) is 0 Å². The molecule has 2 N–H and O–H groups in total. The average molecular weight is 378 g/mol. The molecule has 0 saturated heterocycles. The Morgan fingerprint density at radius 3 is 2.74 bits per heavy atom. The molecular weight excluding hydrogens is 362 g/mol. The maximum atomic E-state index is 12.5.